The molecule has 4 rings (SSSR count). The topological polar surface area (TPSA) is 58.0 Å². The molecule has 2 aliphatic rings. The van der Waals surface area contributed by atoms with Gasteiger partial charge in [-0.25, -0.2) is 24.3 Å². The Kier molecular flexibility index (Phi) is 3.55. The van der Waals surface area contributed by atoms with Crippen LogP contribution in [0.25, 0.3) is 0 Å². The zero-order valence-electron chi connectivity index (χ0n) is 13.2. The van der Waals surface area contributed by atoms with Gasteiger partial charge >= 0.3 is 0 Å². The zero-order chi connectivity index (χ0) is 15.8. The van der Waals surface area contributed by atoms with E-state index in [2.05, 4.69) is 24.8 Å². The van der Waals surface area contributed by atoms with E-state index >= 15 is 0 Å². The maximum absolute atomic E-state index is 12.9. The van der Waals surface area contributed by atoms with Crippen molar-refractivity contribution in [1.82, 2.24) is 19.9 Å². The van der Waals surface area contributed by atoms with Gasteiger partial charge in [-0.1, -0.05) is 0 Å². The van der Waals surface area contributed by atoms with Crippen LogP contribution in [-0.2, 0) is 12.8 Å². The number of nitrogens with zero attached hydrogens (tertiary/aromatic N) is 6. The fourth-order valence-corrected chi connectivity index (χ4v) is 3.38. The number of anilines is 2. The van der Waals surface area contributed by atoms with Gasteiger partial charge in [0.15, 0.2) is 5.82 Å². The summed E-state index contributed by atoms with van der Waals surface area (Å²) >= 11 is 0. The van der Waals surface area contributed by atoms with E-state index in [9.17, 15) is 4.39 Å². The molecule has 0 amide bonds. The van der Waals surface area contributed by atoms with Crippen LogP contribution < -0.4 is 9.80 Å². The van der Waals surface area contributed by atoms with Crippen LogP contribution in [0.2, 0.25) is 0 Å². The van der Waals surface area contributed by atoms with E-state index in [4.69, 9.17) is 4.98 Å². The van der Waals surface area contributed by atoms with Crippen molar-refractivity contribution in [1.29, 1.82) is 0 Å². The number of hydrogen-bond donors (Lipinski definition) is 0. The Morgan fingerprint density at radius 3 is 2.39 bits per heavy atom. The number of rotatable bonds is 2. The summed E-state index contributed by atoms with van der Waals surface area (Å²) in [5.74, 6) is 2.14. The average Bonchev–Trinajstić information content (AvgIpc) is 3.03. The van der Waals surface area contributed by atoms with Crippen LogP contribution in [0.1, 0.15) is 23.5 Å². The molecule has 0 aromatic carbocycles. The highest BCUT2D eigenvalue weighted by Gasteiger charge is 2.25. The first kappa shape index (κ1) is 14.3. The molecule has 120 valence electrons. The van der Waals surface area contributed by atoms with Crippen molar-refractivity contribution in [3.8, 4) is 0 Å². The quantitative estimate of drug-likeness (QED) is 0.838. The average molecular weight is 314 g/mol. The normalized spacial score (nSPS) is 17.5. The largest absolute Gasteiger partial charge is 0.353 e. The van der Waals surface area contributed by atoms with Gasteiger partial charge in [0.05, 0.1) is 12.4 Å². The summed E-state index contributed by atoms with van der Waals surface area (Å²) in [6, 6.07) is 0. The van der Waals surface area contributed by atoms with Crippen molar-refractivity contribution in [2.75, 3.05) is 36.0 Å². The number of fused-ring (bicyclic) bond motifs is 1. The molecule has 23 heavy (non-hydrogen) atoms. The summed E-state index contributed by atoms with van der Waals surface area (Å²) in [5.41, 5.74) is 2.54. The number of piperazine rings is 1. The molecule has 0 bridgehead atoms. The Morgan fingerprint density at radius 2 is 1.65 bits per heavy atom. The monoisotopic (exact) mass is 314 g/mol. The smallest absolute Gasteiger partial charge is 0.225 e. The third-order valence-corrected chi connectivity index (χ3v) is 4.49. The highest BCUT2D eigenvalue weighted by molar-refractivity contribution is 5.52. The fraction of sp³-hybridized carbons (Fsp3) is 0.500. The van der Waals surface area contributed by atoms with Crippen molar-refractivity contribution in [3.63, 3.8) is 0 Å². The van der Waals surface area contributed by atoms with Gasteiger partial charge in [-0.05, 0) is 26.2 Å². The van der Waals surface area contributed by atoms with Gasteiger partial charge in [0.2, 0.25) is 5.95 Å². The molecule has 1 saturated heterocycles. The molecule has 1 fully saturated rings. The van der Waals surface area contributed by atoms with Crippen molar-refractivity contribution in [2.45, 2.75) is 26.2 Å². The van der Waals surface area contributed by atoms with Crippen molar-refractivity contribution >= 4 is 11.8 Å². The van der Waals surface area contributed by atoms with E-state index in [-0.39, 0.29) is 0 Å². The van der Waals surface area contributed by atoms with Gasteiger partial charge in [0, 0.05) is 37.4 Å². The molecule has 1 aliphatic heterocycles. The van der Waals surface area contributed by atoms with Crippen LogP contribution in [0.15, 0.2) is 12.4 Å². The molecule has 2 aromatic heterocycles. The SMILES string of the molecule is Cc1nc2c(c(N3CCN(c4ncc(F)cn4)CC3)n1)CCC2. The van der Waals surface area contributed by atoms with Gasteiger partial charge < -0.3 is 9.80 Å². The molecule has 0 N–H and O–H groups in total. The molecular weight excluding hydrogens is 295 g/mol. The number of aryl methyl sites for hydroxylation is 2. The Morgan fingerprint density at radius 1 is 0.957 bits per heavy atom. The van der Waals surface area contributed by atoms with Gasteiger partial charge in [-0.3, -0.25) is 0 Å². The number of hydrogen-bond acceptors (Lipinski definition) is 6. The minimum Gasteiger partial charge on any atom is -0.353 e. The first-order valence-corrected chi connectivity index (χ1v) is 8.04. The van der Waals surface area contributed by atoms with Gasteiger partial charge in [-0.15, -0.1) is 0 Å². The van der Waals surface area contributed by atoms with Gasteiger partial charge in [0.1, 0.15) is 11.6 Å². The lowest BCUT2D eigenvalue weighted by molar-refractivity contribution is 0.600. The Labute approximate surface area is 134 Å². The van der Waals surface area contributed by atoms with Crippen LogP contribution in [0, 0.1) is 12.7 Å². The van der Waals surface area contributed by atoms with Crippen LogP contribution in [0.5, 0.6) is 0 Å². The predicted octanol–water partition coefficient (Wildman–Crippen LogP) is 1.53. The maximum atomic E-state index is 12.9. The van der Waals surface area contributed by atoms with E-state index < -0.39 is 5.82 Å². The molecular formula is C16H19FN6. The summed E-state index contributed by atoms with van der Waals surface area (Å²) < 4.78 is 12.9. The van der Waals surface area contributed by atoms with E-state index in [1.807, 2.05) is 6.92 Å². The fourth-order valence-electron chi connectivity index (χ4n) is 3.38. The molecule has 3 heterocycles. The Balaban J connectivity index is 1.51. The van der Waals surface area contributed by atoms with Gasteiger partial charge in [0.25, 0.3) is 0 Å². The highest BCUT2D eigenvalue weighted by atomic mass is 19.1. The van der Waals surface area contributed by atoms with Crippen LogP contribution in [-0.4, -0.2) is 46.1 Å². The van der Waals surface area contributed by atoms with E-state index in [0.29, 0.717) is 5.95 Å². The molecule has 2 aromatic rings. The molecule has 7 heteroatoms. The summed E-state index contributed by atoms with van der Waals surface area (Å²) in [7, 11) is 0. The lowest BCUT2D eigenvalue weighted by Crippen LogP contribution is -2.47. The predicted molar refractivity (Wildman–Crippen MR) is 85.2 cm³/mol. The third kappa shape index (κ3) is 2.71. The first-order chi connectivity index (χ1) is 11.2. The standard InChI is InChI=1S/C16H19FN6/c1-11-20-14-4-2-3-13(14)15(21-11)22-5-7-23(8-6-22)16-18-9-12(17)10-19-16/h9-10H,2-8H2,1H3. The number of aromatic nitrogens is 4. The second-order valence-corrected chi connectivity index (χ2v) is 6.05. The van der Waals surface area contributed by atoms with Gasteiger partial charge in [-0.2, -0.15) is 0 Å². The maximum Gasteiger partial charge on any atom is 0.225 e. The zero-order valence-corrected chi connectivity index (χ0v) is 13.2. The second kappa shape index (κ2) is 5.72. The molecule has 0 atom stereocenters. The summed E-state index contributed by atoms with van der Waals surface area (Å²) in [6.07, 6.45) is 5.75. The molecule has 0 spiro atoms. The molecule has 1 aliphatic carbocycles. The number of halogens is 1. The van der Waals surface area contributed by atoms with Crippen molar-refractivity contribution < 1.29 is 4.39 Å². The Hall–Kier alpha value is -2.31. The van der Waals surface area contributed by atoms with E-state index in [1.165, 1.54) is 30.1 Å². The Bertz CT molecular complexity index is 709. The van der Waals surface area contributed by atoms with Crippen LogP contribution in [0.4, 0.5) is 16.2 Å². The first-order valence-electron chi connectivity index (χ1n) is 8.04. The second-order valence-electron chi connectivity index (χ2n) is 6.05. The molecule has 6 nitrogen and oxygen atoms in total. The van der Waals surface area contributed by atoms with Crippen LogP contribution in [0.3, 0.4) is 0 Å². The lowest BCUT2D eigenvalue weighted by Gasteiger charge is -2.36. The highest BCUT2D eigenvalue weighted by Crippen LogP contribution is 2.29. The van der Waals surface area contributed by atoms with Crippen molar-refractivity contribution in [3.05, 3.63) is 35.3 Å². The minimum absolute atomic E-state index is 0.403. The summed E-state index contributed by atoms with van der Waals surface area (Å²) in [6.45, 7) is 5.31. The van der Waals surface area contributed by atoms with E-state index in [1.54, 1.807) is 0 Å². The molecule has 0 radical (unpaired) electrons. The molecule has 0 unspecified atom stereocenters. The minimum atomic E-state index is -0.403. The van der Waals surface area contributed by atoms with E-state index in [0.717, 1.165) is 50.7 Å². The lowest BCUT2D eigenvalue weighted by atomic mass is 10.2. The summed E-state index contributed by atoms with van der Waals surface area (Å²) in [5, 5.41) is 0. The van der Waals surface area contributed by atoms with Crippen molar-refractivity contribution in [2.24, 2.45) is 0 Å². The third-order valence-electron chi connectivity index (χ3n) is 4.49. The van der Waals surface area contributed by atoms with Crippen LogP contribution >= 0.6 is 0 Å². The summed E-state index contributed by atoms with van der Waals surface area (Å²) in [4.78, 5) is 21.8. The molecule has 0 saturated carbocycles.